The minimum absolute atomic E-state index is 0.0714. The van der Waals surface area contributed by atoms with E-state index in [0.29, 0.717) is 30.2 Å². The molecule has 2 aromatic rings. The average molecular weight is 430 g/mol. The number of benzene rings is 2. The quantitative estimate of drug-likeness (QED) is 0.765. The summed E-state index contributed by atoms with van der Waals surface area (Å²) in [5, 5.41) is 13.7. The van der Waals surface area contributed by atoms with Crippen molar-refractivity contribution in [1.82, 2.24) is 10.2 Å². The second kappa shape index (κ2) is 8.26. The molecule has 0 aliphatic carbocycles. The summed E-state index contributed by atoms with van der Waals surface area (Å²) in [4.78, 5) is 14.3. The molecule has 1 amide bonds. The van der Waals surface area contributed by atoms with E-state index in [-0.39, 0.29) is 30.4 Å². The molecule has 2 atom stereocenters. The number of amides is 1. The van der Waals surface area contributed by atoms with Gasteiger partial charge in [-0.2, -0.15) is 0 Å². The average Bonchev–Trinajstić information content (AvgIpc) is 3.31. The molecule has 2 aromatic carbocycles. The lowest BCUT2D eigenvalue weighted by molar-refractivity contribution is 0.0505. The summed E-state index contributed by atoms with van der Waals surface area (Å²) >= 11 is 0. The number of hydrogen-bond donors (Lipinski definition) is 2. The number of hydrogen-bond acceptors (Lipinski definition) is 6. The Morgan fingerprint density at radius 3 is 2.58 bits per heavy atom. The Morgan fingerprint density at radius 1 is 1.23 bits per heavy atom. The summed E-state index contributed by atoms with van der Waals surface area (Å²) in [6, 6.07) is 9.07. The summed E-state index contributed by atoms with van der Waals surface area (Å²) in [6.07, 6.45) is 0.269. The monoisotopic (exact) mass is 430 g/mol. The molecule has 2 aliphatic heterocycles. The largest absolute Gasteiger partial charge is 0.507 e. The molecule has 166 valence electrons. The van der Waals surface area contributed by atoms with Crippen LogP contribution in [-0.2, 0) is 4.74 Å². The zero-order valence-corrected chi connectivity index (χ0v) is 17.9. The van der Waals surface area contributed by atoms with Gasteiger partial charge in [0, 0.05) is 30.8 Å². The number of nitrogens with zero attached hydrogens (tertiary/aromatic N) is 1. The van der Waals surface area contributed by atoms with E-state index in [9.17, 15) is 14.3 Å². The molecule has 1 saturated heterocycles. The van der Waals surface area contributed by atoms with E-state index in [4.69, 9.17) is 14.2 Å². The van der Waals surface area contributed by atoms with Crippen LogP contribution in [0, 0.1) is 5.82 Å². The highest BCUT2D eigenvalue weighted by atomic mass is 19.1. The number of halogens is 1. The number of carbonyl (C=O) groups excluding carboxylic acids is 1. The number of phenolic OH excluding ortho intramolecular Hbond substituents is 1. The lowest BCUT2D eigenvalue weighted by atomic mass is 9.96. The van der Waals surface area contributed by atoms with Gasteiger partial charge in [-0.05, 0) is 51.0 Å². The molecule has 0 saturated carbocycles. The van der Waals surface area contributed by atoms with Crippen molar-refractivity contribution < 1.29 is 28.5 Å². The maximum Gasteiger partial charge on any atom is 0.407 e. The highest BCUT2D eigenvalue weighted by Crippen LogP contribution is 2.43. The van der Waals surface area contributed by atoms with Crippen LogP contribution in [-0.4, -0.2) is 47.6 Å². The molecule has 0 spiro atoms. The second-order valence-corrected chi connectivity index (χ2v) is 8.85. The first-order chi connectivity index (χ1) is 14.7. The Balaban J connectivity index is 1.59. The topological polar surface area (TPSA) is 80.3 Å². The van der Waals surface area contributed by atoms with Crippen molar-refractivity contribution in [2.24, 2.45) is 0 Å². The number of phenols is 1. The van der Waals surface area contributed by atoms with E-state index in [1.807, 2.05) is 20.8 Å². The minimum Gasteiger partial charge on any atom is -0.507 e. The summed E-state index contributed by atoms with van der Waals surface area (Å²) < 4.78 is 29.8. The van der Waals surface area contributed by atoms with Crippen LogP contribution in [0.3, 0.4) is 0 Å². The molecule has 0 radical (unpaired) electrons. The molecule has 0 aromatic heterocycles. The molecule has 31 heavy (non-hydrogen) atoms. The third-order valence-electron chi connectivity index (χ3n) is 5.31. The number of ether oxygens (including phenoxy) is 3. The van der Waals surface area contributed by atoms with E-state index in [0.717, 1.165) is 12.0 Å². The third kappa shape index (κ3) is 4.85. The number of aromatic hydroxyl groups is 1. The van der Waals surface area contributed by atoms with E-state index in [1.165, 1.54) is 12.1 Å². The van der Waals surface area contributed by atoms with Crippen LogP contribution in [0.1, 0.15) is 44.4 Å². The molecule has 0 bridgehead atoms. The Morgan fingerprint density at radius 2 is 1.90 bits per heavy atom. The molecule has 7 nitrogen and oxygen atoms in total. The van der Waals surface area contributed by atoms with Crippen LogP contribution < -0.4 is 14.8 Å². The molecular formula is C23H27FN2O5. The standard InChI is InChI=1S/C23H27FN2O5/c1-23(2,3)31-22(28)25-16-8-9-26(12-16)21(14-4-6-15(24)7-5-14)17-10-19-20(11-18(17)27)30-13-29-19/h4-7,10-11,16,21,27H,8-9,12-13H2,1-3H3,(H,25,28)/t16-,21?/m1/s1. The minimum atomic E-state index is -0.572. The van der Waals surface area contributed by atoms with Crippen LogP contribution in [0.5, 0.6) is 17.2 Å². The van der Waals surface area contributed by atoms with E-state index in [1.54, 1.807) is 24.3 Å². The predicted molar refractivity (Wildman–Crippen MR) is 112 cm³/mol. The summed E-state index contributed by atoms with van der Waals surface area (Å²) in [5.41, 5.74) is 0.888. The third-order valence-corrected chi connectivity index (χ3v) is 5.31. The number of likely N-dealkylation sites (tertiary alicyclic amines) is 1. The fourth-order valence-electron chi connectivity index (χ4n) is 4.01. The Labute approximate surface area is 180 Å². The highest BCUT2D eigenvalue weighted by molar-refractivity contribution is 5.68. The van der Waals surface area contributed by atoms with Gasteiger partial charge in [0.15, 0.2) is 11.5 Å². The first-order valence-corrected chi connectivity index (χ1v) is 10.3. The van der Waals surface area contributed by atoms with Gasteiger partial charge in [-0.1, -0.05) is 12.1 Å². The van der Waals surface area contributed by atoms with E-state index < -0.39 is 11.7 Å². The maximum atomic E-state index is 13.6. The van der Waals surface area contributed by atoms with Gasteiger partial charge >= 0.3 is 6.09 Å². The Hall–Kier alpha value is -3.00. The lowest BCUT2D eigenvalue weighted by Gasteiger charge is -2.29. The number of fused-ring (bicyclic) bond motifs is 1. The molecule has 2 aliphatic rings. The molecule has 1 fully saturated rings. The highest BCUT2D eigenvalue weighted by Gasteiger charge is 2.34. The van der Waals surface area contributed by atoms with Crippen molar-refractivity contribution in [2.45, 2.75) is 44.9 Å². The smallest absolute Gasteiger partial charge is 0.407 e. The zero-order valence-electron chi connectivity index (χ0n) is 17.9. The number of alkyl carbamates (subject to hydrolysis) is 1. The van der Waals surface area contributed by atoms with Crippen LogP contribution >= 0.6 is 0 Å². The summed E-state index contributed by atoms with van der Waals surface area (Å²) in [6.45, 7) is 6.79. The van der Waals surface area contributed by atoms with Crippen molar-refractivity contribution in [2.75, 3.05) is 19.9 Å². The van der Waals surface area contributed by atoms with Gasteiger partial charge in [0.1, 0.15) is 17.2 Å². The Bertz CT molecular complexity index is 958. The molecule has 2 N–H and O–H groups in total. The van der Waals surface area contributed by atoms with Gasteiger partial charge in [0.25, 0.3) is 0 Å². The number of carbonyl (C=O) groups is 1. The molecule has 1 unspecified atom stereocenters. The first kappa shape index (κ1) is 21.2. The number of nitrogens with one attached hydrogen (secondary N) is 1. The zero-order chi connectivity index (χ0) is 22.2. The van der Waals surface area contributed by atoms with Crippen molar-refractivity contribution in [3.05, 3.63) is 53.3 Å². The lowest BCUT2D eigenvalue weighted by Crippen LogP contribution is -2.41. The van der Waals surface area contributed by atoms with Crippen molar-refractivity contribution >= 4 is 6.09 Å². The second-order valence-electron chi connectivity index (χ2n) is 8.85. The molecule has 8 heteroatoms. The maximum absolute atomic E-state index is 13.6. The van der Waals surface area contributed by atoms with Gasteiger partial charge in [0.05, 0.1) is 6.04 Å². The van der Waals surface area contributed by atoms with Crippen LogP contribution in [0.4, 0.5) is 9.18 Å². The van der Waals surface area contributed by atoms with Crippen LogP contribution in [0.15, 0.2) is 36.4 Å². The normalized spacial score (nSPS) is 19.3. The van der Waals surface area contributed by atoms with Crippen LogP contribution in [0.2, 0.25) is 0 Å². The van der Waals surface area contributed by atoms with Crippen molar-refractivity contribution in [1.29, 1.82) is 0 Å². The first-order valence-electron chi connectivity index (χ1n) is 10.3. The molecule has 4 rings (SSSR count). The van der Waals surface area contributed by atoms with Gasteiger partial charge in [0.2, 0.25) is 6.79 Å². The van der Waals surface area contributed by atoms with Gasteiger partial charge in [-0.3, -0.25) is 4.90 Å². The van der Waals surface area contributed by atoms with Gasteiger partial charge < -0.3 is 24.6 Å². The summed E-state index contributed by atoms with van der Waals surface area (Å²) in [5.74, 6) is 0.790. The summed E-state index contributed by atoms with van der Waals surface area (Å²) in [7, 11) is 0. The number of rotatable bonds is 4. The fourth-order valence-corrected chi connectivity index (χ4v) is 4.01. The van der Waals surface area contributed by atoms with E-state index >= 15 is 0 Å². The van der Waals surface area contributed by atoms with E-state index in [2.05, 4.69) is 10.2 Å². The molecule has 2 heterocycles. The fraction of sp³-hybridized carbons (Fsp3) is 0.435. The van der Waals surface area contributed by atoms with Crippen molar-refractivity contribution in [3.8, 4) is 17.2 Å². The van der Waals surface area contributed by atoms with Crippen molar-refractivity contribution in [3.63, 3.8) is 0 Å². The van der Waals surface area contributed by atoms with Gasteiger partial charge in [-0.15, -0.1) is 0 Å². The van der Waals surface area contributed by atoms with Crippen LogP contribution in [0.25, 0.3) is 0 Å². The Kier molecular flexibility index (Phi) is 5.66. The SMILES string of the molecule is CC(C)(C)OC(=O)N[C@@H]1CCN(C(c2ccc(F)cc2)c2cc3c(cc2O)OCO3)C1. The predicted octanol–water partition coefficient (Wildman–Crippen LogP) is 3.95. The van der Waals surface area contributed by atoms with Gasteiger partial charge in [-0.25, -0.2) is 9.18 Å². The molecular weight excluding hydrogens is 403 g/mol.